The van der Waals surface area contributed by atoms with Crippen molar-refractivity contribution in [3.05, 3.63) is 58.3 Å². The van der Waals surface area contributed by atoms with E-state index in [1.807, 2.05) is 6.07 Å². The highest BCUT2D eigenvalue weighted by Gasteiger charge is 2.30. The molecule has 1 heterocycles. The first-order valence-electron chi connectivity index (χ1n) is 6.09. The van der Waals surface area contributed by atoms with E-state index in [0.717, 1.165) is 5.56 Å². The van der Waals surface area contributed by atoms with Crippen molar-refractivity contribution < 1.29 is 19.4 Å². The Balaban J connectivity index is 2.13. The average molecular weight is 310 g/mol. The molecule has 0 aliphatic carbocycles. The van der Waals surface area contributed by atoms with Crippen molar-refractivity contribution in [3.63, 3.8) is 0 Å². The Bertz CT molecular complexity index is 609. The quantitative estimate of drug-likeness (QED) is 0.802. The fourth-order valence-electron chi connectivity index (χ4n) is 2.00. The van der Waals surface area contributed by atoms with E-state index in [-0.39, 0.29) is 12.3 Å². The highest BCUT2D eigenvalue weighted by molar-refractivity contribution is 7.57. The minimum Gasteiger partial charge on any atom is -0.481 e. The van der Waals surface area contributed by atoms with Crippen molar-refractivity contribution in [2.24, 2.45) is 0 Å². The van der Waals surface area contributed by atoms with E-state index < -0.39 is 19.3 Å². The first-order chi connectivity index (χ1) is 9.48. The molecule has 0 aliphatic rings. The van der Waals surface area contributed by atoms with Crippen LogP contribution in [0.4, 0.5) is 0 Å². The third-order valence-electron chi connectivity index (χ3n) is 2.93. The van der Waals surface area contributed by atoms with Crippen LogP contribution in [0.2, 0.25) is 0 Å². The second-order valence-electron chi connectivity index (χ2n) is 4.58. The van der Waals surface area contributed by atoms with Crippen molar-refractivity contribution in [2.45, 2.75) is 12.1 Å². The number of carboxylic acid groups (broad SMARTS) is 1. The summed E-state index contributed by atoms with van der Waals surface area (Å²) in [4.78, 5) is 22.0. The van der Waals surface area contributed by atoms with Crippen molar-refractivity contribution in [2.75, 3.05) is 6.16 Å². The Morgan fingerprint density at radius 1 is 1.20 bits per heavy atom. The molecule has 2 rings (SSSR count). The van der Waals surface area contributed by atoms with Gasteiger partial charge in [0.15, 0.2) is 0 Å². The van der Waals surface area contributed by atoms with Crippen LogP contribution in [-0.2, 0) is 15.5 Å². The number of aliphatic carboxylic acids is 1. The fraction of sp³-hybridized carbons (Fsp3) is 0.214. The molecule has 1 aromatic carbocycles. The first-order valence-corrected chi connectivity index (χ1v) is 9.00. The Kier molecular flexibility index (Phi) is 4.76. The molecule has 6 heteroatoms. The summed E-state index contributed by atoms with van der Waals surface area (Å²) in [7, 11) is -3.54. The van der Waals surface area contributed by atoms with E-state index in [9.17, 15) is 19.4 Å². The third kappa shape index (κ3) is 4.04. The topological polar surface area (TPSA) is 74.6 Å². The Labute approximate surface area is 121 Å². The number of thiophene rings is 1. The van der Waals surface area contributed by atoms with E-state index >= 15 is 0 Å². The smallest absolute Gasteiger partial charge is 0.312 e. The van der Waals surface area contributed by atoms with Crippen molar-refractivity contribution in [1.29, 1.82) is 0 Å². The summed E-state index contributed by atoms with van der Waals surface area (Å²) >= 11 is 1.29. The van der Waals surface area contributed by atoms with Gasteiger partial charge < -0.3 is 10.00 Å². The molecule has 0 aliphatic heterocycles. The summed E-state index contributed by atoms with van der Waals surface area (Å²) in [5.41, 5.74) is 0.744. The molecule has 2 aromatic rings. The zero-order valence-electron chi connectivity index (χ0n) is 10.7. The second kappa shape index (κ2) is 6.35. The maximum atomic E-state index is 12.3. The lowest BCUT2D eigenvalue weighted by atomic mass is 10.1. The number of benzene rings is 1. The normalized spacial score (nSPS) is 15.4. The van der Waals surface area contributed by atoms with Gasteiger partial charge in [-0.05, 0) is 17.0 Å². The van der Waals surface area contributed by atoms with E-state index in [1.165, 1.54) is 11.3 Å². The molecular weight excluding hydrogens is 295 g/mol. The van der Waals surface area contributed by atoms with Crippen LogP contribution in [-0.4, -0.2) is 22.1 Å². The summed E-state index contributed by atoms with van der Waals surface area (Å²) in [6, 6.07) is 12.4. The summed E-state index contributed by atoms with van der Waals surface area (Å²) in [6.45, 7) is 0. The summed E-state index contributed by atoms with van der Waals surface area (Å²) < 4.78 is 12.3. The molecule has 1 aromatic heterocycles. The first kappa shape index (κ1) is 15.0. The van der Waals surface area contributed by atoms with Crippen LogP contribution in [0.3, 0.4) is 0 Å². The molecule has 0 radical (unpaired) electrons. The van der Waals surface area contributed by atoms with Gasteiger partial charge in [0.2, 0.25) is 7.37 Å². The van der Waals surface area contributed by atoms with Crippen LogP contribution < -0.4 is 0 Å². The number of carbonyl (C=O) groups is 1. The van der Waals surface area contributed by atoms with Crippen LogP contribution in [0, 0.1) is 0 Å². The molecule has 0 fully saturated rings. The van der Waals surface area contributed by atoms with E-state index in [1.54, 1.807) is 41.8 Å². The molecule has 2 atom stereocenters. The van der Waals surface area contributed by atoms with Crippen molar-refractivity contribution in [1.82, 2.24) is 0 Å². The van der Waals surface area contributed by atoms with Crippen LogP contribution in [0.15, 0.2) is 47.8 Å². The van der Waals surface area contributed by atoms with E-state index in [4.69, 9.17) is 0 Å². The van der Waals surface area contributed by atoms with Crippen molar-refractivity contribution >= 4 is 24.7 Å². The molecule has 0 bridgehead atoms. The third-order valence-corrected chi connectivity index (χ3v) is 5.71. The molecule has 0 spiro atoms. The number of carboxylic acids is 1. The molecule has 2 N–H and O–H groups in total. The van der Waals surface area contributed by atoms with Gasteiger partial charge in [-0.15, -0.1) is 11.3 Å². The molecule has 20 heavy (non-hydrogen) atoms. The van der Waals surface area contributed by atoms with Crippen LogP contribution in [0.1, 0.15) is 16.4 Å². The zero-order valence-corrected chi connectivity index (χ0v) is 12.4. The molecule has 0 amide bonds. The predicted molar refractivity (Wildman–Crippen MR) is 79.5 cm³/mol. The van der Waals surface area contributed by atoms with Gasteiger partial charge in [0.1, 0.15) is 0 Å². The zero-order chi connectivity index (χ0) is 14.6. The largest absolute Gasteiger partial charge is 0.481 e. The lowest BCUT2D eigenvalue weighted by molar-refractivity contribution is -0.138. The number of hydrogen-bond acceptors (Lipinski definition) is 3. The van der Waals surface area contributed by atoms with E-state index in [0.29, 0.717) is 4.88 Å². The van der Waals surface area contributed by atoms with Gasteiger partial charge in [-0.25, -0.2) is 0 Å². The Morgan fingerprint density at radius 2 is 1.90 bits per heavy atom. The lowest BCUT2D eigenvalue weighted by Crippen LogP contribution is -2.15. The van der Waals surface area contributed by atoms with Gasteiger partial charge in [0, 0.05) is 17.2 Å². The molecule has 4 nitrogen and oxygen atoms in total. The van der Waals surface area contributed by atoms with Crippen LogP contribution in [0.25, 0.3) is 0 Å². The highest BCUT2D eigenvalue weighted by Crippen LogP contribution is 2.48. The number of hydrogen-bond donors (Lipinski definition) is 2. The van der Waals surface area contributed by atoms with E-state index in [2.05, 4.69) is 0 Å². The van der Waals surface area contributed by atoms with Gasteiger partial charge in [-0.1, -0.05) is 36.4 Å². The Hall–Kier alpha value is -1.42. The van der Waals surface area contributed by atoms with Crippen LogP contribution >= 0.6 is 18.7 Å². The van der Waals surface area contributed by atoms with Gasteiger partial charge in [-0.2, -0.15) is 0 Å². The van der Waals surface area contributed by atoms with Crippen LogP contribution in [0.5, 0.6) is 0 Å². The molecule has 0 saturated carbocycles. The minimum absolute atomic E-state index is 0.00297. The molecule has 0 saturated heterocycles. The summed E-state index contributed by atoms with van der Waals surface area (Å²) in [5, 5.41) is 11.0. The van der Waals surface area contributed by atoms with Gasteiger partial charge in [0.25, 0.3) is 0 Å². The van der Waals surface area contributed by atoms with Gasteiger partial charge in [0.05, 0.1) is 5.92 Å². The average Bonchev–Trinajstić information content (AvgIpc) is 2.90. The maximum absolute atomic E-state index is 12.3. The van der Waals surface area contributed by atoms with Gasteiger partial charge >= 0.3 is 5.97 Å². The second-order valence-corrected chi connectivity index (χ2v) is 7.93. The fourth-order valence-corrected chi connectivity index (χ4v) is 4.78. The number of rotatable bonds is 6. The SMILES string of the molecule is O=C(O)C(CP(=O)(O)Cc1ccccc1)c1cccs1. The molecule has 106 valence electrons. The monoisotopic (exact) mass is 310 g/mol. The van der Waals surface area contributed by atoms with Crippen molar-refractivity contribution in [3.8, 4) is 0 Å². The highest BCUT2D eigenvalue weighted by atomic mass is 32.1. The Morgan fingerprint density at radius 3 is 2.45 bits per heavy atom. The summed E-state index contributed by atoms with van der Waals surface area (Å²) in [5.74, 6) is -1.98. The minimum atomic E-state index is -3.54. The standard InChI is InChI=1S/C14H15O4PS/c15-14(16)12(13-7-4-8-20-13)10-19(17,18)9-11-5-2-1-3-6-11/h1-8,12H,9-10H2,(H,15,16)(H,17,18). The predicted octanol–water partition coefficient (Wildman–Crippen LogP) is 3.39. The van der Waals surface area contributed by atoms with Gasteiger partial charge in [-0.3, -0.25) is 9.36 Å². The molecule has 2 unspecified atom stereocenters. The maximum Gasteiger partial charge on any atom is 0.312 e. The lowest BCUT2D eigenvalue weighted by Gasteiger charge is -2.16. The summed E-state index contributed by atoms with van der Waals surface area (Å²) in [6.07, 6.45) is -0.235. The molecular formula is C14H15O4PS.